The summed E-state index contributed by atoms with van der Waals surface area (Å²) in [4.78, 5) is 4.02. The molecule has 7 heteroatoms. The van der Waals surface area contributed by atoms with E-state index in [2.05, 4.69) is 34.7 Å². The van der Waals surface area contributed by atoms with Crippen molar-refractivity contribution < 1.29 is 0 Å². The number of thiol groups is 1. The molecule has 3 rings (SSSR count). The van der Waals surface area contributed by atoms with E-state index in [0.29, 0.717) is 21.4 Å². The largest absolute Gasteiger partial charge is 0.309 e. The van der Waals surface area contributed by atoms with E-state index in [1.165, 1.54) is 0 Å². The molecule has 1 saturated carbocycles. The molecular weight excluding hydrogens is 315 g/mol. The Morgan fingerprint density at radius 3 is 2.30 bits per heavy atom. The van der Waals surface area contributed by atoms with Gasteiger partial charge in [0.05, 0.1) is 5.41 Å². The van der Waals surface area contributed by atoms with Crippen molar-refractivity contribution in [3.05, 3.63) is 33.8 Å². The summed E-state index contributed by atoms with van der Waals surface area (Å²) in [7, 11) is 1.92. The molecule has 0 saturated heterocycles. The number of nitrogens with zero attached hydrogens (tertiary/aromatic N) is 4. The summed E-state index contributed by atoms with van der Waals surface area (Å²) >= 11 is 16.4. The zero-order valence-corrected chi connectivity index (χ0v) is 13.5. The van der Waals surface area contributed by atoms with Crippen LogP contribution in [-0.2, 0) is 12.5 Å². The number of hydrogen-bond acceptors (Lipinski definition) is 4. The maximum atomic E-state index is 6.05. The molecule has 106 valence electrons. The molecule has 1 aliphatic carbocycles. The molecule has 1 fully saturated rings. The highest BCUT2D eigenvalue weighted by Gasteiger charge is 2.48. The van der Waals surface area contributed by atoms with Gasteiger partial charge < -0.3 is 4.57 Å². The number of hydrogen-bond donors (Lipinski definition) is 1. The minimum atomic E-state index is -0.196. The third-order valence-electron chi connectivity index (χ3n) is 3.99. The van der Waals surface area contributed by atoms with E-state index in [-0.39, 0.29) is 5.41 Å². The van der Waals surface area contributed by atoms with Crippen molar-refractivity contribution in [2.45, 2.75) is 30.3 Å². The van der Waals surface area contributed by atoms with Gasteiger partial charge in [0.15, 0.2) is 5.16 Å². The first-order chi connectivity index (χ1) is 9.42. The first kappa shape index (κ1) is 14.2. The van der Waals surface area contributed by atoms with Crippen LogP contribution in [0.1, 0.15) is 31.2 Å². The molecular formula is C13H14Cl2N4S. The highest BCUT2D eigenvalue weighted by atomic mass is 35.5. The molecule has 4 nitrogen and oxygen atoms in total. The molecule has 0 unspecified atom stereocenters. The highest BCUT2D eigenvalue weighted by Crippen LogP contribution is 2.52. The summed E-state index contributed by atoms with van der Waals surface area (Å²) < 4.78 is 1.91. The molecule has 2 aromatic heterocycles. The van der Waals surface area contributed by atoms with Crippen molar-refractivity contribution in [2.24, 2.45) is 13.0 Å². The van der Waals surface area contributed by atoms with Crippen molar-refractivity contribution in [1.82, 2.24) is 19.7 Å². The van der Waals surface area contributed by atoms with Gasteiger partial charge in [0, 0.05) is 7.05 Å². The second-order valence-electron chi connectivity index (χ2n) is 5.48. The Balaban J connectivity index is 2.16. The van der Waals surface area contributed by atoms with Gasteiger partial charge in [0.25, 0.3) is 0 Å². The van der Waals surface area contributed by atoms with E-state index >= 15 is 0 Å². The average molecular weight is 329 g/mol. The third-order valence-corrected chi connectivity index (χ3v) is 4.77. The topological polar surface area (TPSA) is 43.6 Å². The van der Waals surface area contributed by atoms with E-state index in [0.717, 1.165) is 24.2 Å². The summed E-state index contributed by atoms with van der Waals surface area (Å²) in [5, 5.41) is 9.77. The van der Waals surface area contributed by atoms with Crippen LogP contribution in [-0.4, -0.2) is 19.7 Å². The fourth-order valence-electron chi connectivity index (χ4n) is 3.16. The minimum absolute atomic E-state index is 0.196. The molecule has 0 radical (unpaired) electrons. The molecule has 0 amide bonds. The van der Waals surface area contributed by atoms with Crippen molar-refractivity contribution in [3.8, 4) is 0 Å². The number of rotatable bonds is 2. The summed E-state index contributed by atoms with van der Waals surface area (Å²) in [6, 6.07) is 3.73. The smallest absolute Gasteiger partial charge is 0.187 e. The van der Waals surface area contributed by atoms with E-state index in [1.807, 2.05) is 23.7 Å². The van der Waals surface area contributed by atoms with Gasteiger partial charge in [-0.15, -0.1) is 22.8 Å². The molecule has 2 aromatic rings. The standard InChI is InChI=1S/C13H14Cl2N4S/c1-7-5-13(6-7,11-17-18-12(20)19(11)2)8-3-9(14)16-10(15)4-8/h3-4,7H,5-6H2,1-2H3,(H,18,20). The van der Waals surface area contributed by atoms with Gasteiger partial charge in [0.2, 0.25) is 0 Å². The van der Waals surface area contributed by atoms with E-state index in [4.69, 9.17) is 23.2 Å². The van der Waals surface area contributed by atoms with Gasteiger partial charge in [-0.3, -0.25) is 0 Å². The van der Waals surface area contributed by atoms with E-state index < -0.39 is 0 Å². The second kappa shape index (κ2) is 4.90. The van der Waals surface area contributed by atoms with Crippen molar-refractivity contribution in [1.29, 1.82) is 0 Å². The van der Waals surface area contributed by atoms with Crippen LogP contribution in [0, 0.1) is 5.92 Å². The predicted octanol–water partition coefficient (Wildman–Crippen LogP) is 3.52. The molecule has 1 aliphatic rings. The molecule has 0 aliphatic heterocycles. The Bertz CT molecular complexity index is 644. The zero-order chi connectivity index (χ0) is 14.5. The molecule has 0 spiro atoms. The van der Waals surface area contributed by atoms with Crippen molar-refractivity contribution >= 4 is 35.8 Å². The SMILES string of the molecule is CC1CC(c2cc(Cl)nc(Cl)c2)(c2nnc(S)n2C)C1. The first-order valence-corrected chi connectivity index (χ1v) is 7.55. The van der Waals surface area contributed by atoms with Crippen LogP contribution >= 0.6 is 35.8 Å². The van der Waals surface area contributed by atoms with Crippen LogP contribution in [0.3, 0.4) is 0 Å². The molecule has 0 bridgehead atoms. The van der Waals surface area contributed by atoms with Gasteiger partial charge in [-0.05, 0) is 36.5 Å². The van der Waals surface area contributed by atoms with Crippen LogP contribution in [0.5, 0.6) is 0 Å². The number of halogens is 2. The lowest BCUT2D eigenvalue weighted by molar-refractivity contribution is 0.184. The van der Waals surface area contributed by atoms with Gasteiger partial charge in [-0.2, -0.15) is 0 Å². The van der Waals surface area contributed by atoms with Crippen molar-refractivity contribution in [3.63, 3.8) is 0 Å². The quantitative estimate of drug-likeness (QED) is 0.677. The summed E-state index contributed by atoms with van der Waals surface area (Å²) in [6.07, 6.45) is 1.98. The fraction of sp³-hybridized carbons (Fsp3) is 0.462. The number of pyridine rings is 1. The Morgan fingerprint density at radius 2 is 1.85 bits per heavy atom. The zero-order valence-electron chi connectivity index (χ0n) is 11.1. The van der Waals surface area contributed by atoms with Gasteiger partial charge in [-0.25, -0.2) is 4.98 Å². The van der Waals surface area contributed by atoms with Gasteiger partial charge in [0.1, 0.15) is 16.1 Å². The number of aromatic nitrogens is 4. The fourth-order valence-corrected chi connectivity index (χ4v) is 3.76. The second-order valence-corrected chi connectivity index (χ2v) is 6.65. The Labute approximate surface area is 132 Å². The maximum Gasteiger partial charge on any atom is 0.187 e. The van der Waals surface area contributed by atoms with Gasteiger partial charge >= 0.3 is 0 Å². The predicted molar refractivity (Wildman–Crippen MR) is 81.7 cm³/mol. The molecule has 20 heavy (non-hydrogen) atoms. The van der Waals surface area contributed by atoms with Crippen LogP contribution in [0.15, 0.2) is 17.3 Å². The Morgan fingerprint density at radius 1 is 1.25 bits per heavy atom. The van der Waals surface area contributed by atoms with E-state index in [1.54, 1.807) is 0 Å². The Hall–Kier alpha value is -0.780. The summed E-state index contributed by atoms with van der Waals surface area (Å²) in [5.74, 6) is 1.53. The normalized spacial score (nSPS) is 25.6. The summed E-state index contributed by atoms with van der Waals surface area (Å²) in [5.41, 5.74) is 0.850. The van der Waals surface area contributed by atoms with Gasteiger partial charge in [-0.1, -0.05) is 30.1 Å². The lowest BCUT2D eigenvalue weighted by atomic mass is 9.59. The average Bonchev–Trinajstić information content (AvgIpc) is 2.65. The molecule has 0 N–H and O–H groups in total. The lowest BCUT2D eigenvalue weighted by Gasteiger charge is -2.46. The van der Waals surface area contributed by atoms with Crippen LogP contribution in [0.2, 0.25) is 10.3 Å². The molecule has 0 aromatic carbocycles. The lowest BCUT2D eigenvalue weighted by Crippen LogP contribution is -2.43. The first-order valence-electron chi connectivity index (χ1n) is 6.35. The summed E-state index contributed by atoms with van der Waals surface area (Å²) in [6.45, 7) is 2.22. The maximum absolute atomic E-state index is 6.05. The molecule has 2 heterocycles. The Kier molecular flexibility index (Phi) is 3.47. The minimum Gasteiger partial charge on any atom is -0.309 e. The monoisotopic (exact) mass is 328 g/mol. The third kappa shape index (κ3) is 2.12. The van der Waals surface area contributed by atoms with E-state index in [9.17, 15) is 0 Å². The highest BCUT2D eigenvalue weighted by molar-refractivity contribution is 7.80. The van der Waals surface area contributed by atoms with Crippen LogP contribution in [0.4, 0.5) is 0 Å². The van der Waals surface area contributed by atoms with Crippen LogP contribution in [0.25, 0.3) is 0 Å². The van der Waals surface area contributed by atoms with Crippen molar-refractivity contribution in [2.75, 3.05) is 0 Å². The van der Waals surface area contributed by atoms with Crippen LogP contribution < -0.4 is 0 Å². The molecule has 0 atom stereocenters.